The quantitative estimate of drug-likeness (QED) is 0.0315. The van der Waals surface area contributed by atoms with E-state index in [1.165, 1.54) is 119 Å². The molecule has 1 fully saturated rings. The van der Waals surface area contributed by atoms with Gasteiger partial charge in [0.2, 0.25) is 5.60 Å². The molecule has 4 rings (SSSR count). The number of aliphatic hydroxyl groups is 2. The van der Waals surface area contributed by atoms with Crippen LogP contribution >= 0.6 is 7.82 Å². The van der Waals surface area contributed by atoms with Gasteiger partial charge in [-0.2, -0.15) is 10.4 Å². The molecule has 18 heteroatoms. The maximum Gasteiger partial charge on any atom is 0.472 e. The highest BCUT2D eigenvalue weighted by Gasteiger charge is 2.58. The predicted octanol–water partition coefficient (Wildman–Crippen LogP) is 6.96. The lowest BCUT2D eigenvalue weighted by molar-refractivity contribution is -0.0651. The standard InChI is InChI=1S/C40H60N7O10P/c1-4-5-6-7-8-9-10-11-12-13-14-15-16-17-18-19-22-53-25-31(56-30-23-33(52-3)39(43-2)44-24-30)26-54-58(50,51)55-27-34-36(48)37(49)40(28-41,57-34)35-21-20-32-38(42)45-29-46-47(32)35/h20-21,23-24,29,31,34,36-37,48-49H,4-19,22,25-27H2,1,3H3,(H,50,51)(H2,42,45,46)/t31-,34-,36-,37-,40+/m1/s1. The number of unbranched alkanes of at least 4 members (excludes halogenated alkanes) is 15. The number of nitrogens with zero attached hydrogens (tertiary/aromatic N) is 6. The van der Waals surface area contributed by atoms with Crippen LogP contribution in [0.1, 0.15) is 115 Å². The molecule has 0 aliphatic carbocycles. The maximum atomic E-state index is 13.1. The molecule has 0 bridgehead atoms. The summed E-state index contributed by atoms with van der Waals surface area (Å²) < 4.78 is 47.7. The molecule has 0 radical (unpaired) electrons. The Balaban J connectivity index is 1.22. The van der Waals surface area contributed by atoms with Gasteiger partial charge in [0.05, 0.1) is 32.6 Å². The summed E-state index contributed by atoms with van der Waals surface area (Å²) in [4.78, 5) is 21.9. The van der Waals surface area contributed by atoms with Gasteiger partial charge in [0.1, 0.15) is 48.1 Å². The molecule has 3 aromatic heterocycles. The Kier molecular flexibility index (Phi) is 19.6. The molecule has 0 spiro atoms. The van der Waals surface area contributed by atoms with Crippen molar-refractivity contribution in [2.45, 2.75) is 140 Å². The van der Waals surface area contributed by atoms with E-state index in [1.807, 2.05) is 6.07 Å². The molecule has 1 unspecified atom stereocenters. The van der Waals surface area contributed by atoms with Gasteiger partial charge in [-0.1, -0.05) is 110 Å². The van der Waals surface area contributed by atoms with Crippen LogP contribution in [0.4, 0.5) is 11.6 Å². The smallest absolute Gasteiger partial charge is 0.472 e. The summed E-state index contributed by atoms with van der Waals surface area (Å²) in [7, 11) is -3.43. The van der Waals surface area contributed by atoms with Gasteiger partial charge in [-0.3, -0.25) is 9.05 Å². The summed E-state index contributed by atoms with van der Waals surface area (Å²) in [6, 6.07) is 6.35. The third kappa shape index (κ3) is 13.6. The Bertz CT molecular complexity index is 1820. The lowest BCUT2D eigenvalue weighted by Crippen LogP contribution is -2.41. The molecule has 3 aromatic rings. The zero-order chi connectivity index (χ0) is 41.8. The molecule has 4 heterocycles. The largest absolute Gasteiger partial charge is 0.506 e. The first-order valence-corrected chi connectivity index (χ1v) is 21.9. The normalized spacial score (nSPS) is 20.7. The molecule has 1 aliphatic heterocycles. The van der Waals surface area contributed by atoms with Crippen LogP contribution in [0, 0.1) is 17.9 Å². The Labute approximate surface area is 341 Å². The second-order valence-corrected chi connectivity index (χ2v) is 16.0. The molecule has 0 aromatic carbocycles. The van der Waals surface area contributed by atoms with E-state index in [9.17, 15) is 24.9 Å². The number of nitriles is 1. The number of ether oxygens (including phenoxy) is 4. The fourth-order valence-electron chi connectivity index (χ4n) is 6.93. The highest BCUT2D eigenvalue weighted by atomic mass is 31.2. The second-order valence-electron chi connectivity index (χ2n) is 14.6. The zero-order valence-electron chi connectivity index (χ0n) is 33.7. The van der Waals surface area contributed by atoms with Crippen molar-refractivity contribution in [2.24, 2.45) is 0 Å². The van der Waals surface area contributed by atoms with Crippen molar-refractivity contribution in [3.05, 3.63) is 47.8 Å². The summed E-state index contributed by atoms with van der Waals surface area (Å²) in [6.45, 7) is 8.78. The monoisotopic (exact) mass is 829 g/mol. The molecule has 320 valence electrons. The molecule has 1 saturated heterocycles. The van der Waals surface area contributed by atoms with Gasteiger partial charge in [0.15, 0.2) is 17.8 Å². The number of hydrogen-bond donors (Lipinski definition) is 4. The van der Waals surface area contributed by atoms with E-state index in [4.69, 9.17) is 40.3 Å². The van der Waals surface area contributed by atoms with Gasteiger partial charge in [-0.05, 0) is 18.6 Å². The van der Waals surface area contributed by atoms with E-state index in [-0.39, 0.29) is 35.4 Å². The molecule has 0 amide bonds. The number of phosphoric ester groups is 1. The topological polar surface area (TPSA) is 230 Å². The van der Waals surface area contributed by atoms with Gasteiger partial charge in [-0.15, -0.1) is 4.98 Å². The van der Waals surface area contributed by atoms with Crippen molar-refractivity contribution in [3.63, 3.8) is 0 Å². The molecule has 6 atom stereocenters. The fourth-order valence-corrected chi connectivity index (χ4v) is 7.69. The number of nitrogen functional groups attached to an aromatic ring is 1. The van der Waals surface area contributed by atoms with Crippen LogP contribution in [0.5, 0.6) is 11.5 Å². The zero-order valence-corrected chi connectivity index (χ0v) is 34.6. The number of aromatic nitrogens is 4. The first-order valence-electron chi connectivity index (χ1n) is 20.4. The van der Waals surface area contributed by atoms with E-state index in [0.29, 0.717) is 12.1 Å². The summed E-state index contributed by atoms with van der Waals surface area (Å²) in [6.07, 6.45) is 16.8. The second kappa shape index (κ2) is 24.2. The summed E-state index contributed by atoms with van der Waals surface area (Å²) in [5, 5.41) is 36.0. The highest BCUT2D eigenvalue weighted by molar-refractivity contribution is 7.47. The van der Waals surface area contributed by atoms with Crippen LogP contribution in [0.3, 0.4) is 0 Å². The number of methoxy groups -OCH3 is 1. The van der Waals surface area contributed by atoms with Crippen molar-refractivity contribution in [1.82, 2.24) is 19.6 Å². The first kappa shape index (κ1) is 46.8. The maximum absolute atomic E-state index is 13.1. The van der Waals surface area contributed by atoms with Crippen LogP contribution in [0.2, 0.25) is 0 Å². The number of nitrogens with two attached hydrogens (primary N) is 1. The highest BCUT2D eigenvalue weighted by Crippen LogP contribution is 2.46. The van der Waals surface area contributed by atoms with Crippen LogP contribution in [-0.4, -0.2) is 92.6 Å². The van der Waals surface area contributed by atoms with Crippen molar-refractivity contribution in [1.29, 1.82) is 5.26 Å². The molecule has 1 aliphatic rings. The molecule has 58 heavy (non-hydrogen) atoms. The third-order valence-electron chi connectivity index (χ3n) is 10.2. The fraction of sp³-hybridized carbons (Fsp3) is 0.675. The average molecular weight is 830 g/mol. The lowest BCUT2D eigenvalue weighted by atomic mass is 9.92. The molecular weight excluding hydrogens is 769 g/mol. The van der Waals surface area contributed by atoms with Gasteiger partial charge in [0, 0.05) is 12.7 Å². The summed E-state index contributed by atoms with van der Waals surface area (Å²) in [5.41, 5.74) is 4.19. The number of anilines is 1. The van der Waals surface area contributed by atoms with E-state index in [0.717, 1.165) is 25.6 Å². The van der Waals surface area contributed by atoms with E-state index >= 15 is 0 Å². The Morgan fingerprint density at radius 1 is 1.00 bits per heavy atom. The lowest BCUT2D eigenvalue weighted by Gasteiger charge is -2.24. The predicted molar refractivity (Wildman–Crippen MR) is 215 cm³/mol. The minimum absolute atomic E-state index is 0.00764. The van der Waals surface area contributed by atoms with Gasteiger partial charge in [-0.25, -0.2) is 14.1 Å². The Morgan fingerprint density at radius 3 is 2.24 bits per heavy atom. The number of fused-ring (bicyclic) bond motifs is 1. The first-order chi connectivity index (χ1) is 28.1. The van der Waals surface area contributed by atoms with Crippen LogP contribution < -0.4 is 15.2 Å². The van der Waals surface area contributed by atoms with E-state index in [1.54, 1.807) is 0 Å². The van der Waals surface area contributed by atoms with E-state index < -0.39 is 51.1 Å². The van der Waals surface area contributed by atoms with Crippen molar-refractivity contribution in [2.75, 3.05) is 39.3 Å². The van der Waals surface area contributed by atoms with Crippen molar-refractivity contribution >= 4 is 25.0 Å². The Morgan fingerprint density at radius 2 is 1.64 bits per heavy atom. The van der Waals surface area contributed by atoms with Gasteiger partial charge in [0.25, 0.3) is 0 Å². The minimum atomic E-state index is -4.83. The number of rotatable bonds is 29. The van der Waals surface area contributed by atoms with Gasteiger partial charge >= 0.3 is 13.6 Å². The molecule has 5 N–H and O–H groups in total. The van der Waals surface area contributed by atoms with Crippen molar-refractivity contribution < 1.29 is 47.7 Å². The Hall–Kier alpha value is -3.90. The minimum Gasteiger partial charge on any atom is -0.506 e. The molecule has 0 saturated carbocycles. The average Bonchev–Trinajstić information content (AvgIpc) is 3.77. The number of pyridine rings is 1. The third-order valence-corrected chi connectivity index (χ3v) is 11.1. The summed E-state index contributed by atoms with van der Waals surface area (Å²) in [5.74, 6) is 0.559. The van der Waals surface area contributed by atoms with Crippen LogP contribution in [-0.2, 0) is 28.7 Å². The number of aliphatic hydroxyl groups excluding tert-OH is 2. The van der Waals surface area contributed by atoms with Crippen molar-refractivity contribution in [3.8, 4) is 17.6 Å². The molecular formula is C40H60N7O10P. The van der Waals surface area contributed by atoms with Crippen LogP contribution in [0.15, 0.2) is 30.7 Å². The molecule has 17 nitrogen and oxygen atoms in total. The van der Waals surface area contributed by atoms with Crippen LogP contribution in [0.25, 0.3) is 10.4 Å². The number of phosphoric acid groups is 1. The summed E-state index contributed by atoms with van der Waals surface area (Å²) >= 11 is 0. The SMILES string of the molecule is [C-]#[N+]c1ncc(O[C@H](COCCCCCCCCCCCCCCCCCC)COP(=O)(O)OC[C@H]2O[C@@](C#N)(c3ccc4c(N)ncnn34)[C@H](O)[C@@H]2O)cc1OC. The number of hydrogen-bond acceptors (Lipinski definition) is 14. The van der Waals surface area contributed by atoms with E-state index in [2.05, 4.69) is 26.8 Å². The van der Waals surface area contributed by atoms with Gasteiger partial charge < -0.3 is 44.6 Å².